The van der Waals surface area contributed by atoms with Crippen molar-refractivity contribution in [2.75, 3.05) is 39.3 Å². The Morgan fingerprint density at radius 3 is 2.56 bits per heavy atom. The Labute approximate surface area is 160 Å². The number of carbonyl (C=O) groups is 2. The van der Waals surface area contributed by atoms with Gasteiger partial charge in [-0.05, 0) is 12.5 Å². The minimum atomic E-state index is -0.308. The van der Waals surface area contributed by atoms with Crippen molar-refractivity contribution in [2.24, 2.45) is 0 Å². The Hall–Kier alpha value is -2.85. The minimum absolute atomic E-state index is 0.0513. The molecule has 1 heterocycles. The van der Waals surface area contributed by atoms with Gasteiger partial charge in [-0.2, -0.15) is 5.26 Å². The summed E-state index contributed by atoms with van der Waals surface area (Å²) in [5.41, 5.74) is 1.30. The number of benzene rings is 1. The Bertz CT molecular complexity index is 689. The van der Waals surface area contributed by atoms with Crippen molar-refractivity contribution in [1.82, 2.24) is 15.1 Å². The fraction of sp³-hybridized carbons (Fsp3) is 0.450. The maximum absolute atomic E-state index is 12.5. The van der Waals surface area contributed by atoms with E-state index >= 15 is 0 Å². The second-order valence-electron chi connectivity index (χ2n) is 6.23. The molecule has 0 atom stereocenters. The highest BCUT2D eigenvalue weighted by Gasteiger charge is 2.23. The van der Waals surface area contributed by atoms with E-state index < -0.39 is 0 Å². The van der Waals surface area contributed by atoms with Gasteiger partial charge < -0.3 is 15.0 Å². The monoisotopic (exact) mass is 370 g/mol. The fourth-order valence-electron chi connectivity index (χ4n) is 2.84. The van der Waals surface area contributed by atoms with Gasteiger partial charge in [0.1, 0.15) is 11.6 Å². The molecule has 0 aliphatic carbocycles. The Morgan fingerprint density at radius 2 is 1.93 bits per heavy atom. The van der Waals surface area contributed by atoms with Gasteiger partial charge in [0.05, 0.1) is 13.0 Å². The molecule has 0 radical (unpaired) electrons. The lowest BCUT2D eigenvalue weighted by Crippen LogP contribution is -2.48. The second-order valence-corrected chi connectivity index (χ2v) is 6.23. The summed E-state index contributed by atoms with van der Waals surface area (Å²) in [5.74, 6) is -0.585. The SMILES string of the molecule is CCOC(=O)CCN/C=C(/C#N)C(=O)N1CCN(Cc2ccccc2)CC1. The molecule has 0 aromatic heterocycles. The first-order valence-corrected chi connectivity index (χ1v) is 9.19. The maximum atomic E-state index is 12.5. The lowest BCUT2D eigenvalue weighted by molar-refractivity contribution is -0.142. The molecule has 1 saturated heterocycles. The van der Waals surface area contributed by atoms with Gasteiger partial charge in [-0.25, -0.2) is 0 Å². The lowest BCUT2D eigenvalue weighted by Gasteiger charge is -2.34. The van der Waals surface area contributed by atoms with E-state index in [1.807, 2.05) is 24.3 Å². The van der Waals surface area contributed by atoms with Crippen molar-refractivity contribution >= 4 is 11.9 Å². The quantitative estimate of drug-likeness (QED) is 0.321. The highest BCUT2D eigenvalue weighted by Crippen LogP contribution is 2.10. The summed E-state index contributed by atoms with van der Waals surface area (Å²) in [6.45, 7) is 6.00. The molecule has 1 aromatic carbocycles. The molecule has 1 aliphatic heterocycles. The molecule has 144 valence electrons. The number of esters is 1. The maximum Gasteiger partial charge on any atom is 0.307 e. The third kappa shape index (κ3) is 6.76. The smallest absolute Gasteiger partial charge is 0.307 e. The van der Waals surface area contributed by atoms with Gasteiger partial charge in [0.2, 0.25) is 0 Å². The number of carbonyl (C=O) groups excluding carboxylic acids is 2. The third-order valence-corrected chi connectivity index (χ3v) is 4.28. The Balaban J connectivity index is 1.78. The van der Waals surface area contributed by atoms with Gasteiger partial charge in [0.15, 0.2) is 0 Å². The van der Waals surface area contributed by atoms with E-state index in [1.54, 1.807) is 11.8 Å². The topological polar surface area (TPSA) is 85.7 Å². The van der Waals surface area contributed by atoms with Crippen LogP contribution in [0.3, 0.4) is 0 Å². The van der Waals surface area contributed by atoms with Crippen LogP contribution in [0.25, 0.3) is 0 Å². The Kier molecular flexibility index (Phi) is 8.33. The van der Waals surface area contributed by atoms with Crippen molar-refractivity contribution in [1.29, 1.82) is 5.26 Å². The molecular weight excluding hydrogens is 344 g/mol. The largest absolute Gasteiger partial charge is 0.466 e. The molecule has 1 fully saturated rings. The molecule has 27 heavy (non-hydrogen) atoms. The molecule has 0 spiro atoms. The van der Waals surface area contributed by atoms with Crippen LogP contribution in [-0.4, -0.2) is 61.0 Å². The number of nitriles is 1. The summed E-state index contributed by atoms with van der Waals surface area (Å²) in [4.78, 5) is 27.8. The summed E-state index contributed by atoms with van der Waals surface area (Å²) in [6.07, 6.45) is 1.58. The number of ether oxygens (including phenoxy) is 1. The van der Waals surface area contributed by atoms with Crippen LogP contribution in [-0.2, 0) is 20.9 Å². The molecule has 0 bridgehead atoms. The Morgan fingerprint density at radius 1 is 1.22 bits per heavy atom. The fourth-order valence-corrected chi connectivity index (χ4v) is 2.84. The van der Waals surface area contributed by atoms with E-state index in [4.69, 9.17) is 4.74 Å². The summed E-state index contributed by atoms with van der Waals surface area (Å²) in [5, 5.41) is 12.1. The highest BCUT2D eigenvalue weighted by atomic mass is 16.5. The van der Waals surface area contributed by atoms with Crippen LogP contribution >= 0.6 is 0 Å². The normalized spacial score (nSPS) is 15.1. The van der Waals surface area contributed by atoms with E-state index in [9.17, 15) is 14.9 Å². The number of hydrogen-bond donors (Lipinski definition) is 1. The predicted octanol–water partition coefficient (Wildman–Crippen LogP) is 1.28. The van der Waals surface area contributed by atoms with Crippen LogP contribution in [0.4, 0.5) is 0 Å². The standard InChI is InChI=1S/C20H26N4O3/c1-2-27-19(25)8-9-22-15-18(14-21)20(26)24-12-10-23(11-13-24)16-17-6-4-3-5-7-17/h3-7,15,22H,2,8-13,16H2,1H3/b18-15-. The first-order valence-electron chi connectivity index (χ1n) is 9.19. The number of nitrogens with one attached hydrogen (secondary N) is 1. The van der Waals surface area contributed by atoms with Gasteiger partial charge in [0, 0.05) is 45.5 Å². The van der Waals surface area contributed by atoms with Crippen LogP contribution in [0.2, 0.25) is 0 Å². The molecule has 7 nitrogen and oxygen atoms in total. The number of piperazine rings is 1. The van der Waals surface area contributed by atoms with Crippen molar-refractivity contribution in [3.8, 4) is 6.07 Å². The molecule has 1 aliphatic rings. The predicted molar refractivity (Wildman–Crippen MR) is 101 cm³/mol. The van der Waals surface area contributed by atoms with Crippen molar-refractivity contribution in [2.45, 2.75) is 19.9 Å². The molecule has 7 heteroatoms. The van der Waals surface area contributed by atoms with Crippen molar-refractivity contribution < 1.29 is 14.3 Å². The van der Waals surface area contributed by atoms with Crippen LogP contribution in [0.15, 0.2) is 42.1 Å². The molecule has 2 rings (SSSR count). The number of hydrogen-bond acceptors (Lipinski definition) is 6. The number of amides is 1. The van der Waals surface area contributed by atoms with E-state index in [-0.39, 0.29) is 23.9 Å². The van der Waals surface area contributed by atoms with E-state index in [0.717, 1.165) is 19.6 Å². The van der Waals surface area contributed by atoms with Gasteiger partial charge >= 0.3 is 5.97 Å². The van der Waals surface area contributed by atoms with Gasteiger partial charge in [-0.15, -0.1) is 0 Å². The first-order chi connectivity index (χ1) is 13.1. The van der Waals surface area contributed by atoms with Gasteiger partial charge in [-0.1, -0.05) is 30.3 Å². The summed E-state index contributed by atoms with van der Waals surface area (Å²) >= 11 is 0. The van der Waals surface area contributed by atoms with Gasteiger partial charge in [0.25, 0.3) is 5.91 Å². The van der Waals surface area contributed by atoms with Crippen molar-refractivity contribution in [3.63, 3.8) is 0 Å². The van der Waals surface area contributed by atoms with Crippen LogP contribution in [0, 0.1) is 11.3 Å². The average Bonchev–Trinajstić information content (AvgIpc) is 2.69. The molecule has 1 N–H and O–H groups in total. The minimum Gasteiger partial charge on any atom is -0.466 e. The van der Waals surface area contributed by atoms with Crippen LogP contribution < -0.4 is 5.32 Å². The zero-order valence-corrected chi connectivity index (χ0v) is 15.7. The first kappa shape index (κ1) is 20.5. The summed E-state index contributed by atoms with van der Waals surface area (Å²) in [6, 6.07) is 12.2. The van der Waals surface area contributed by atoms with Crippen molar-refractivity contribution in [3.05, 3.63) is 47.7 Å². The summed E-state index contributed by atoms with van der Waals surface area (Å²) in [7, 11) is 0. The van der Waals surface area contributed by atoms with E-state index in [2.05, 4.69) is 22.3 Å². The lowest BCUT2D eigenvalue weighted by atomic mass is 10.2. The summed E-state index contributed by atoms with van der Waals surface area (Å²) < 4.78 is 4.83. The average molecular weight is 370 g/mol. The highest BCUT2D eigenvalue weighted by molar-refractivity contribution is 5.97. The number of rotatable bonds is 8. The number of nitrogens with zero attached hydrogens (tertiary/aromatic N) is 3. The molecule has 0 unspecified atom stereocenters. The molecular formula is C20H26N4O3. The zero-order valence-electron chi connectivity index (χ0n) is 15.7. The molecule has 1 aromatic rings. The molecule has 0 saturated carbocycles. The van der Waals surface area contributed by atoms with Crippen LogP contribution in [0.5, 0.6) is 0 Å². The van der Waals surface area contributed by atoms with E-state index in [1.165, 1.54) is 11.8 Å². The molecule has 1 amide bonds. The zero-order chi connectivity index (χ0) is 19.5. The second kappa shape index (κ2) is 11.0. The van der Waals surface area contributed by atoms with Crippen LogP contribution in [0.1, 0.15) is 18.9 Å². The van der Waals surface area contributed by atoms with Gasteiger partial charge in [-0.3, -0.25) is 14.5 Å². The van der Waals surface area contributed by atoms with E-state index in [0.29, 0.717) is 26.2 Å². The third-order valence-electron chi connectivity index (χ3n) is 4.28.